The fourth-order valence-corrected chi connectivity index (χ4v) is 4.85. The number of halogens is 1. The van der Waals surface area contributed by atoms with Gasteiger partial charge in [0.25, 0.3) is 5.91 Å². The summed E-state index contributed by atoms with van der Waals surface area (Å²) in [5.41, 5.74) is 4.52. The molecular weight excluding hydrogens is 522 g/mol. The first-order valence-corrected chi connectivity index (χ1v) is 12.5. The normalized spacial score (nSPS) is 15.0. The zero-order valence-corrected chi connectivity index (χ0v) is 21.8. The molecule has 5 rings (SSSR count). The summed E-state index contributed by atoms with van der Waals surface area (Å²) in [4.78, 5) is 16.7. The first-order valence-electron chi connectivity index (χ1n) is 11.3. The number of aryl methyl sites for hydroxylation is 1. The van der Waals surface area contributed by atoms with Crippen LogP contribution in [0.15, 0.2) is 89.2 Å². The van der Waals surface area contributed by atoms with E-state index >= 15 is 0 Å². The third-order valence-electron chi connectivity index (χ3n) is 6.06. The average molecular weight is 546 g/mol. The summed E-state index contributed by atoms with van der Waals surface area (Å²) in [5, 5.41) is 1.51. The summed E-state index contributed by atoms with van der Waals surface area (Å²) in [5.74, 6) is 0.715. The molecular formula is C28H24BrN3O2S. The molecule has 1 fully saturated rings. The van der Waals surface area contributed by atoms with Crippen LogP contribution >= 0.6 is 28.1 Å². The van der Waals surface area contributed by atoms with E-state index in [0.717, 1.165) is 32.4 Å². The Morgan fingerprint density at radius 1 is 1.03 bits per heavy atom. The van der Waals surface area contributed by atoms with Crippen LogP contribution in [-0.4, -0.2) is 34.1 Å². The van der Waals surface area contributed by atoms with Gasteiger partial charge in [0.1, 0.15) is 18.1 Å². The minimum Gasteiger partial charge on any atom is -0.492 e. The van der Waals surface area contributed by atoms with E-state index in [0.29, 0.717) is 24.0 Å². The van der Waals surface area contributed by atoms with Crippen molar-refractivity contribution in [3.05, 3.63) is 100 Å². The van der Waals surface area contributed by atoms with Crippen LogP contribution in [0.1, 0.15) is 11.1 Å². The molecule has 0 unspecified atom stereocenters. The topological polar surface area (TPSA) is 37.7 Å². The number of nitrogens with zero attached hydrogens (tertiary/aromatic N) is 3. The van der Waals surface area contributed by atoms with E-state index < -0.39 is 0 Å². The van der Waals surface area contributed by atoms with Crippen molar-refractivity contribution in [1.29, 1.82) is 0 Å². The van der Waals surface area contributed by atoms with Gasteiger partial charge in [-0.05, 0) is 67.7 Å². The Hall–Kier alpha value is -3.42. The van der Waals surface area contributed by atoms with Gasteiger partial charge in [-0.2, -0.15) is 0 Å². The molecule has 2 heterocycles. The molecule has 35 heavy (non-hydrogen) atoms. The summed E-state index contributed by atoms with van der Waals surface area (Å²) < 4.78 is 9.10. The van der Waals surface area contributed by atoms with Gasteiger partial charge < -0.3 is 14.2 Å². The molecule has 0 atom stereocenters. The Morgan fingerprint density at radius 3 is 2.51 bits per heavy atom. The largest absolute Gasteiger partial charge is 0.492 e. The third-order valence-corrected chi connectivity index (χ3v) is 7.01. The van der Waals surface area contributed by atoms with Crippen molar-refractivity contribution in [3.8, 4) is 5.75 Å². The highest BCUT2D eigenvalue weighted by molar-refractivity contribution is 9.10. The maximum Gasteiger partial charge on any atom is 0.281 e. The van der Waals surface area contributed by atoms with Crippen molar-refractivity contribution < 1.29 is 9.53 Å². The number of hydrogen-bond acceptors (Lipinski definition) is 3. The predicted octanol–water partition coefficient (Wildman–Crippen LogP) is 6.40. The lowest BCUT2D eigenvalue weighted by atomic mass is 10.1. The monoisotopic (exact) mass is 545 g/mol. The van der Waals surface area contributed by atoms with Gasteiger partial charge in [0.05, 0.1) is 12.2 Å². The smallest absolute Gasteiger partial charge is 0.281 e. The van der Waals surface area contributed by atoms with E-state index in [4.69, 9.17) is 17.0 Å². The molecule has 0 spiro atoms. The highest BCUT2D eigenvalue weighted by Gasteiger charge is 2.36. The first kappa shape index (κ1) is 23.3. The quantitative estimate of drug-likeness (QED) is 0.207. The number of benzene rings is 3. The van der Waals surface area contributed by atoms with Gasteiger partial charge in [0, 0.05) is 34.2 Å². The molecule has 3 aromatic carbocycles. The van der Waals surface area contributed by atoms with Crippen molar-refractivity contribution >= 4 is 61.8 Å². The predicted molar refractivity (Wildman–Crippen MR) is 149 cm³/mol. The molecule has 176 valence electrons. The van der Waals surface area contributed by atoms with Crippen LogP contribution in [0.5, 0.6) is 5.75 Å². The molecule has 1 aliphatic rings. The van der Waals surface area contributed by atoms with Crippen LogP contribution < -0.4 is 9.64 Å². The minimum atomic E-state index is -0.137. The van der Waals surface area contributed by atoms with Crippen LogP contribution in [0.25, 0.3) is 17.0 Å². The Morgan fingerprint density at radius 2 is 1.77 bits per heavy atom. The molecule has 0 radical (unpaired) electrons. The van der Waals surface area contributed by atoms with Crippen LogP contribution in [0, 0.1) is 6.92 Å². The molecule has 1 aliphatic heterocycles. The van der Waals surface area contributed by atoms with E-state index in [1.54, 1.807) is 9.80 Å². The number of aromatic nitrogens is 1. The highest BCUT2D eigenvalue weighted by atomic mass is 79.9. The third kappa shape index (κ3) is 4.61. The fraction of sp³-hybridized carbons (Fsp3) is 0.143. The van der Waals surface area contributed by atoms with E-state index in [9.17, 15) is 4.79 Å². The zero-order chi connectivity index (χ0) is 24.5. The number of hydrogen-bond donors (Lipinski definition) is 0. The molecule has 1 aromatic heterocycles. The Bertz CT molecular complexity index is 1440. The van der Waals surface area contributed by atoms with Gasteiger partial charge in [-0.15, -0.1) is 0 Å². The molecule has 5 nitrogen and oxygen atoms in total. The lowest BCUT2D eigenvalue weighted by molar-refractivity contribution is -0.114. The number of thiocarbonyl (C=S) groups is 1. The van der Waals surface area contributed by atoms with Gasteiger partial charge in [-0.3, -0.25) is 9.69 Å². The molecule has 0 aliphatic carbocycles. The lowest BCUT2D eigenvalue weighted by Gasteiger charge is -2.16. The summed E-state index contributed by atoms with van der Waals surface area (Å²) >= 11 is 9.20. The van der Waals surface area contributed by atoms with Gasteiger partial charge in [-0.25, -0.2) is 0 Å². The van der Waals surface area contributed by atoms with Crippen LogP contribution in [0.3, 0.4) is 0 Å². The highest BCUT2D eigenvalue weighted by Crippen LogP contribution is 2.31. The minimum absolute atomic E-state index is 0.137. The fourth-order valence-electron chi connectivity index (χ4n) is 4.20. The Kier molecular flexibility index (Phi) is 6.45. The SMILES string of the molecule is Cc1ccc(OCCn2cc(/C=C3/C(=O)N(c4ccccc4)C(=S)N3C)c3cc(Br)ccc32)cc1. The molecule has 0 bridgehead atoms. The molecule has 4 aromatic rings. The van der Waals surface area contributed by atoms with Gasteiger partial charge in [-0.1, -0.05) is 51.8 Å². The van der Waals surface area contributed by atoms with Crippen LogP contribution in [0.2, 0.25) is 0 Å². The van der Waals surface area contributed by atoms with Crippen LogP contribution in [0.4, 0.5) is 5.69 Å². The van der Waals surface area contributed by atoms with Gasteiger partial charge in [0.15, 0.2) is 5.11 Å². The Balaban J connectivity index is 1.46. The molecule has 1 saturated heterocycles. The number of fused-ring (bicyclic) bond motifs is 1. The number of amides is 1. The summed E-state index contributed by atoms with van der Waals surface area (Å²) in [6, 6.07) is 23.7. The van der Waals surface area contributed by atoms with Crippen LogP contribution in [-0.2, 0) is 11.3 Å². The maximum absolute atomic E-state index is 13.4. The van der Waals surface area contributed by atoms with E-state index in [1.807, 2.05) is 73.8 Å². The van der Waals surface area contributed by atoms with Crippen molar-refractivity contribution in [2.45, 2.75) is 13.5 Å². The van der Waals surface area contributed by atoms with Crippen molar-refractivity contribution in [3.63, 3.8) is 0 Å². The summed E-state index contributed by atoms with van der Waals surface area (Å²) in [6.07, 6.45) is 3.99. The standard InChI is InChI=1S/C28H24BrN3O2S/c1-19-8-11-23(12-9-19)34-15-14-31-18-20(24-17-21(29)10-13-25(24)31)16-26-27(33)32(28(35)30(26)2)22-6-4-3-5-7-22/h3-13,16-18H,14-15H2,1-2H3/b26-16-. The zero-order valence-electron chi connectivity index (χ0n) is 19.4. The summed E-state index contributed by atoms with van der Waals surface area (Å²) in [6.45, 7) is 3.26. The molecule has 0 saturated carbocycles. The number of rotatable bonds is 6. The first-order chi connectivity index (χ1) is 16.9. The number of para-hydroxylation sites is 1. The second-order valence-corrected chi connectivity index (χ2v) is 9.73. The number of likely N-dealkylation sites (N-methyl/N-ethyl adjacent to an activating group) is 1. The van der Waals surface area contributed by atoms with Crippen molar-refractivity contribution in [1.82, 2.24) is 9.47 Å². The molecule has 7 heteroatoms. The molecule has 1 amide bonds. The van der Waals surface area contributed by atoms with Gasteiger partial charge >= 0.3 is 0 Å². The van der Waals surface area contributed by atoms with Gasteiger partial charge in [0.2, 0.25) is 0 Å². The average Bonchev–Trinajstić information content (AvgIpc) is 3.30. The van der Waals surface area contributed by atoms with E-state index in [1.165, 1.54) is 5.56 Å². The maximum atomic E-state index is 13.4. The number of ether oxygens (including phenoxy) is 1. The number of carbonyl (C=O) groups is 1. The number of anilines is 1. The molecule has 0 N–H and O–H groups in total. The second-order valence-electron chi connectivity index (χ2n) is 8.45. The van der Waals surface area contributed by atoms with Crippen molar-refractivity contribution in [2.75, 3.05) is 18.6 Å². The summed E-state index contributed by atoms with van der Waals surface area (Å²) in [7, 11) is 1.83. The van der Waals surface area contributed by atoms with E-state index in [-0.39, 0.29) is 5.91 Å². The Labute approximate surface area is 218 Å². The van der Waals surface area contributed by atoms with Crippen molar-refractivity contribution in [2.24, 2.45) is 0 Å². The number of carbonyl (C=O) groups excluding carboxylic acids is 1. The van der Waals surface area contributed by atoms with E-state index in [2.05, 4.69) is 45.8 Å². The lowest BCUT2D eigenvalue weighted by Crippen LogP contribution is -2.30. The second kappa shape index (κ2) is 9.68.